The predicted octanol–water partition coefficient (Wildman–Crippen LogP) is 1.06. The molecule has 1 saturated heterocycles. The third kappa shape index (κ3) is 4.94. The lowest BCUT2D eigenvalue weighted by Gasteiger charge is -2.24. The van der Waals surface area contributed by atoms with E-state index in [0.29, 0.717) is 13.0 Å². The van der Waals surface area contributed by atoms with Gasteiger partial charge in [0.15, 0.2) is 0 Å². The van der Waals surface area contributed by atoms with Crippen LogP contribution in [0.1, 0.15) is 39.5 Å². The number of nitrogens with one attached hydrogen (secondary N) is 2. The molecule has 1 fully saturated rings. The topological polar surface area (TPSA) is 50.4 Å². The van der Waals surface area contributed by atoms with Gasteiger partial charge >= 0.3 is 0 Å². The first-order valence-corrected chi connectivity index (χ1v) is 6.26. The van der Waals surface area contributed by atoms with Crippen LogP contribution in [0, 0.1) is 0 Å². The van der Waals surface area contributed by atoms with E-state index < -0.39 is 0 Å². The molecule has 1 unspecified atom stereocenters. The Morgan fingerprint density at radius 1 is 1.56 bits per heavy atom. The number of ether oxygens (including phenoxy) is 1. The van der Waals surface area contributed by atoms with Gasteiger partial charge in [-0.3, -0.25) is 4.79 Å². The van der Waals surface area contributed by atoms with E-state index in [1.54, 1.807) is 0 Å². The molecular weight excluding hydrogens is 204 g/mol. The summed E-state index contributed by atoms with van der Waals surface area (Å²) >= 11 is 0. The maximum atomic E-state index is 11.5. The molecule has 0 aromatic carbocycles. The number of rotatable bonds is 7. The quantitative estimate of drug-likeness (QED) is 0.641. The Kier molecular flexibility index (Phi) is 5.77. The van der Waals surface area contributed by atoms with Gasteiger partial charge in [-0.2, -0.15) is 0 Å². The summed E-state index contributed by atoms with van der Waals surface area (Å²) in [6.07, 6.45) is 3.73. The largest absolute Gasteiger partial charge is 0.382 e. The first-order chi connectivity index (χ1) is 7.66. The zero-order valence-corrected chi connectivity index (χ0v) is 10.5. The van der Waals surface area contributed by atoms with Crippen LogP contribution in [0.4, 0.5) is 0 Å². The molecule has 4 nitrogen and oxygen atoms in total. The Labute approximate surface area is 98.1 Å². The van der Waals surface area contributed by atoms with Crippen molar-refractivity contribution in [1.82, 2.24) is 10.6 Å². The van der Waals surface area contributed by atoms with Gasteiger partial charge < -0.3 is 15.4 Å². The molecule has 1 aliphatic rings. The molecule has 1 atom stereocenters. The van der Waals surface area contributed by atoms with Crippen LogP contribution in [0.5, 0.6) is 0 Å². The van der Waals surface area contributed by atoms with Crippen molar-refractivity contribution in [3.8, 4) is 0 Å². The third-order valence-electron chi connectivity index (χ3n) is 3.03. The Bertz CT molecular complexity index is 213. The highest BCUT2D eigenvalue weighted by molar-refractivity contribution is 5.75. The standard InChI is InChI=1S/C12H24N2O2/c1-3-16-9-4-6-11(15)13-10-12(2)7-5-8-14-12/h14H,3-10H2,1-2H3,(H,13,15). The van der Waals surface area contributed by atoms with E-state index in [1.807, 2.05) is 6.92 Å². The molecule has 1 aliphatic heterocycles. The molecule has 16 heavy (non-hydrogen) atoms. The average Bonchev–Trinajstić information content (AvgIpc) is 2.70. The van der Waals surface area contributed by atoms with E-state index in [-0.39, 0.29) is 11.4 Å². The summed E-state index contributed by atoms with van der Waals surface area (Å²) in [5, 5.41) is 6.41. The lowest BCUT2D eigenvalue weighted by Crippen LogP contribution is -2.47. The first kappa shape index (κ1) is 13.5. The Morgan fingerprint density at radius 2 is 2.38 bits per heavy atom. The smallest absolute Gasteiger partial charge is 0.220 e. The number of hydrogen-bond acceptors (Lipinski definition) is 3. The molecule has 0 bridgehead atoms. The van der Waals surface area contributed by atoms with E-state index in [0.717, 1.165) is 32.5 Å². The van der Waals surface area contributed by atoms with Crippen LogP contribution in [-0.4, -0.2) is 37.7 Å². The minimum Gasteiger partial charge on any atom is -0.382 e. The predicted molar refractivity (Wildman–Crippen MR) is 64.4 cm³/mol. The summed E-state index contributed by atoms with van der Waals surface area (Å²) in [6, 6.07) is 0. The van der Waals surface area contributed by atoms with Crippen molar-refractivity contribution in [2.45, 2.75) is 45.1 Å². The fourth-order valence-corrected chi connectivity index (χ4v) is 1.97. The zero-order chi connectivity index (χ0) is 11.9. The normalized spacial score (nSPS) is 24.6. The molecule has 0 spiro atoms. The summed E-state index contributed by atoms with van der Waals surface area (Å²) in [7, 11) is 0. The molecule has 0 saturated carbocycles. The van der Waals surface area contributed by atoms with Gasteiger partial charge in [0.2, 0.25) is 5.91 Å². The molecule has 0 aromatic rings. The number of carbonyl (C=O) groups excluding carboxylic acids is 1. The van der Waals surface area contributed by atoms with Crippen molar-refractivity contribution in [1.29, 1.82) is 0 Å². The second kappa shape index (κ2) is 6.86. The minimum atomic E-state index is 0.107. The lowest BCUT2D eigenvalue weighted by molar-refractivity contribution is -0.121. The summed E-state index contributed by atoms with van der Waals surface area (Å²) in [5.74, 6) is 0.134. The van der Waals surface area contributed by atoms with Crippen LogP contribution in [0.3, 0.4) is 0 Å². The number of amides is 1. The van der Waals surface area contributed by atoms with Crippen molar-refractivity contribution in [3.05, 3.63) is 0 Å². The summed E-state index contributed by atoms with van der Waals surface area (Å²) in [4.78, 5) is 11.5. The van der Waals surface area contributed by atoms with Crippen molar-refractivity contribution in [3.63, 3.8) is 0 Å². The van der Waals surface area contributed by atoms with Gasteiger partial charge in [-0.25, -0.2) is 0 Å². The molecule has 1 heterocycles. The van der Waals surface area contributed by atoms with Crippen LogP contribution in [-0.2, 0) is 9.53 Å². The van der Waals surface area contributed by atoms with Crippen LogP contribution in [0.2, 0.25) is 0 Å². The Balaban J connectivity index is 2.05. The minimum absolute atomic E-state index is 0.107. The Morgan fingerprint density at radius 3 is 3.00 bits per heavy atom. The Hall–Kier alpha value is -0.610. The third-order valence-corrected chi connectivity index (χ3v) is 3.03. The van der Waals surface area contributed by atoms with E-state index in [4.69, 9.17) is 4.74 Å². The first-order valence-electron chi connectivity index (χ1n) is 6.26. The fourth-order valence-electron chi connectivity index (χ4n) is 1.97. The zero-order valence-electron chi connectivity index (χ0n) is 10.5. The van der Waals surface area contributed by atoms with Crippen LogP contribution in [0.25, 0.3) is 0 Å². The van der Waals surface area contributed by atoms with E-state index in [9.17, 15) is 4.79 Å². The van der Waals surface area contributed by atoms with Crippen LogP contribution in [0.15, 0.2) is 0 Å². The molecule has 1 amide bonds. The molecule has 4 heteroatoms. The molecule has 0 aromatic heterocycles. The molecule has 1 rings (SSSR count). The summed E-state index contributed by atoms with van der Waals surface area (Å²) < 4.78 is 5.19. The van der Waals surface area contributed by atoms with Gasteiger partial charge in [0.05, 0.1) is 0 Å². The van der Waals surface area contributed by atoms with Crippen molar-refractivity contribution >= 4 is 5.91 Å². The van der Waals surface area contributed by atoms with Gasteiger partial charge in [-0.05, 0) is 39.7 Å². The van der Waals surface area contributed by atoms with Crippen LogP contribution < -0.4 is 10.6 Å². The van der Waals surface area contributed by atoms with E-state index in [1.165, 1.54) is 6.42 Å². The van der Waals surface area contributed by atoms with Gasteiger partial charge in [-0.15, -0.1) is 0 Å². The maximum Gasteiger partial charge on any atom is 0.220 e. The van der Waals surface area contributed by atoms with Crippen molar-refractivity contribution < 1.29 is 9.53 Å². The molecule has 2 N–H and O–H groups in total. The highest BCUT2D eigenvalue weighted by Crippen LogP contribution is 2.16. The van der Waals surface area contributed by atoms with Gasteiger partial charge in [0.25, 0.3) is 0 Å². The molecule has 0 aliphatic carbocycles. The monoisotopic (exact) mass is 228 g/mol. The molecule has 94 valence electrons. The van der Waals surface area contributed by atoms with Gasteiger partial charge in [-0.1, -0.05) is 0 Å². The molecule has 0 radical (unpaired) electrons. The second-order valence-electron chi connectivity index (χ2n) is 4.67. The lowest BCUT2D eigenvalue weighted by atomic mass is 10.0. The average molecular weight is 228 g/mol. The summed E-state index contributed by atoms with van der Waals surface area (Å²) in [5.41, 5.74) is 0.107. The van der Waals surface area contributed by atoms with E-state index >= 15 is 0 Å². The fraction of sp³-hybridized carbons (Fsp3) is 0.917. The highest BCUT2D eigenvalue weighted by atomic mass is 16.5. The number of carbonyl (C=O) groups is 1. The van der Waals surface area contributed by atoms with Gasteiger partial charge in [0, 0.05) is 31.7 Å². The second-order valence-corrected chi connectivity index (χ2v) is 4.67. The van der Waals surface area contributed by atoms with Crippen molar-refractivity contribution in [2.24, 2.45) is 0 Å². The summed E-state index contributed by atoms with van der Waals surface area (Å²) in [6.45, 7) is 7.34. The highest BCUT2D eigenvalue weighted by Gasteiger charge is 2.27. The van der Waals surface area contributed by atoms with Crippen LogP contribution >= 0.6 is 0 Å². The number of hydrogen-bond donors (Lipinski definition) is 2. The molecular formula is C12H24N2O2. The maximum absolute atomic E-state index is 11.5. The van der Waals surface area contributed by atoms with Gasteiger partial charge in [0.1, 0.15) is 0 Å². The van der Waals surface area contributed by atoms with E-state index in [2.05, 4.69) is 17.6 Å². The SMILES string of the molecule is CCOCCCC(=O)NCC1(C)CCCN1. The van der Waals surface area contributed by atoms with Crippen molar-refractivity contribution in [2.75, 3.05) is 26.3 Å².